The van der Waals surface area contributed by atoms with E-state index in [0.29, 0.717) is 0 Å². The van der Waals surface area contributed by atoms with Gasteiger partial charge in [-0.25, -0.2) is 9.18 Å². The lowest BCUT2D eigenvalue weighted by molar-refractivity contribution is -0.141. The molecular formula is C7H6BrF5O2. The van der Waals surface area contributed by atoms with E-state index in [4.69, 9.17) is 0 Å². The molecule has 88 valence electrons. The average molecular weight is 297 g/mol. The monoisotopic (exact) mass is 296 g/mol. The molecule has 0 N–H and O–H groups in total. The van der Waals surface area contributed by atoms with Gasteiger partial charge in [-0.2, -0.15) is 17.6 Å². The fourth-order valence-electron chi connectivity index (χ4n) is 0.513. The molecule has 0 amide bonds. The van der Waals surface area contributed by atoms with Crippen LogP contribution in [0.3, 0.4) is 0 Å². The van der Waals surface area contributed by atoms with Crippen molar-refractivity contribution in [2.75, 3.05) is 6.61 Å². The van der Waals surface area contributed by atoms with Crippen LogP contribution in [0.1, 0.15) is 6.92 Å². The Morgan fingerprint density at radius 2 is 1.87 bits per heavy atom. The first-order valence-electron chi connectivity index (χ1n) is 3.62. The van der Waals surface area contributed by atoms with Crippen LogP contribution in [0.5, 0.6) is 0 Å². The molecule has 0 aromatic heterocycles. The molecule has 0 spiro atoms. The summed E-state index contributed by atoms with van der Waals surface area (Å²) in [6.07, 6.45) is -0.321. The fourth-order valence-corrected chi connectivity index (χ4v) is 0.703. The number of carbonyl (C=O) groups is 1. The second-order valence-corrected chi connectivity index (χ2v) is 3.31. The second kappa shape index (κ2) is 4.91. The van der Waals surface area contributed by atoms with Gasteiger partial charge < -0.3 is 4.74 Å². The lowest BCUT2D eigenvalue weighted by atomic mass is 10.3. The van der Waals surface area contributed by atoms with Gasteiger partial charge in [0, 0.05) is 0 Å². The average Bonchev–Trinajstić information content (AvgIpc) is 2.02. The van der Waals surface area contributed by atoms with Crippen molar-refractivity contribution in [1.82, 2.24) is 0 Å². The van der Waals surface area contributed by atoms with E-state index in [-0.39, 0.29) is 12.7 Å². The molecule has 0 aliphatic carbocycles. The number of hydrogen-bond acceptors (Lipinski definition) is 2. The van der Waals surface area contributed by atoms with E-state index in [1.165, 1.54) is 22.9 Å². The van der Waals surface area contributed by atoms with Gasteiger partial charge in [-0.05, 0) is 22.9 Å². The van der Waals surface area contributed by atoms with Crippen LogP contribution >= 0.6 is 15.9 Å². The smallest absolute Gasteiger partial charge is 0.371 e. The molecule has 0 heterocycles. The van der Waals surface area contributed by atoms with Crippen LogP contribution in [-0.4, -0.2) is 23.3 Å². The third kappa shape index (κ3) is 3.77. The zero-order valence-electron chi connectivity index (χ0n) is 7.37. The predicted molar refractivity (Wildman–Crippen MR) is 44.6 cm³/mol. The highest BCUT2D eigenvalue weighted by molar-refractivity contribution is 9.10. The van der Waals surface area contributed by atoms with Gasteiger partial charge in [-0.15, -0.1) is 0 Å². The molecular weight excluding hydrogens is 291 g/mol. The maximum Gasteiger partial charge on any atom is 0.371 e. The highest BCUT2D eigenvalue weighted by Gasteiger charge is 2.58. The Balaban J connectivity index is 4.84. The lowest BCUT2D eigenvalue weighted by Crippen LogP contribution is -2.36. The molecule has 0 saturated heterocycles. The van der Waals surface area contributed by atoms with Gasteiger partial charge in [-0.3, -0.25) is 0 Å². The third-order valence-electron chi connectivity index (χ3n) is 1.19. The number of rotatable bonds is 4. The number of halogens is 6. The molecule has 0 atom stereocenters. The predicted octanol–water partition coefficient (Wildman–Crippen LogP) is 3.03. The first-order chi connectivity index (χ1) is 6.63. The molecule has 0 fully saturated rings. The Kier molecular flexibility index (Phi) is 4.69. The number of carbonyl (C=O) groups excluding carboxylic acids is 1. The lowest BCUT2D eigenvalue weighted by Gasteiger charge is -2.19. The molecule has 8 heteroatoms. The van der Waals surface area contributed by atoms with E-state index in [1.807, 2.05) is 0 Å². The van der Waals surface area contributed by atoms with Crippen LogP contribution in [0.25, 0.3) is 0 Å². The number of alkyl halides is 5. The minimum atomic E-state index is -5.10. The first kappa shape index (κ1) is 14.3. The normalized spacial score (nSPS) is 13.9. The van der Waals surface area contributed by atoms with Crippen LogP contribution in [-0.2, 0) is 9.53 Å². The zero-order chi connectivity index (χ0) is 12.3. The van der Waals surface area contributed by atoms with Crippen LogP contribution in [0.2, 0.25) is 0 Å². The summed E-state index contributed by atoms with van der Waals surface area (Å²) in [5.74, 6) is -9.12. The van der Waals surface area contributed by atoms with Gasteiger partial charge in [0.15, 0.2) is 5.83 Å². The van der Waals surface area contributed by atoms with Crippen molar-refractivity contribution in [1.29, 1.82) is 0 Å². The van der Waals surface area contributed by atoms with E-state index >= 15 is 0 Å². The molecule has 0 bridgehead atoms. The molecule has 0 rings (SSSR count). The van der Waals surface area contributed by atoms with Crippen molar-refractivity contribution in [2.24, 2.45) is 0 Å². The van der Waals surface area contributed by atoms with Gasteiger partial charge >= 0.3 is 16.7 Å². The van der Waals surface area contributed by atoms with Crippen molar-refractivity contribution in [3.05, 3.63) is 11.9 Å². The van der Waals surface area contributed by atoms with E-state index in [9.17, 15) is 26.7 Å². The minimum Gasteiger partial charge on any atom is -0.463 e. The zero-order valence-corrected chi connectivity index (χ0v) is 8.95. The van der Waals surface area contributed by atoms with Gasteiger partial charge in [0.2, 0.25) is 0 Å². The van der Waals surface area contributed by atoms with Crippen molar-refractivity contribution < 1.29 is 31.5 Å². The standard InChI is InChI=1S/C7H6BrF5O2/c1-2-15-5(14)3-4(9)6(10,11)7(8,12)13/h3H,2H2,1H3/b4-3-. The van der Waals surface area contributed by atoms with E-state index in [2.05, 4.69) is 4.74 Å². The maximum atomic E-state index is 12.6. The number of allylic oxidation sites excluding steroid dienone is 1. The van der Waals surface area contributed by atoms with Gasteiger partial charge in [0.1, 0.15) is 0 Å². The highest BCUT2D eigenvalue weighted by atomic mass is 79.9. The third-order valence-corrected chi connectivity index (χ3v) is 1.69. The second-order valence-electron chi connectivity index (χ2n) is 2.32. The highest BCUT2D eigenvalue weighted by Crippen LogP contribution is 2.44. The Labute approximate surface area is 90.2 Å². The molecule has 0 aromatic carbocycles. The van der Waals surface area contributed by atoms with E-state index < -0.39 is 22.6 Å². The molecule has 15 heavy (non-hydrogen) atoms. The number of ether oxygens (including phenoxy) is 1. The fraction of sp³-hybridized carbons (Fsp3) is 0.571. The van der Waals surface area contributed by atoms with Crippen LogP contribution < -0.4 is 0 Å². The quantitative estimate of drug-likeness (QED) is 0.345. The van der Waals surface area contributed by atoms with Gasteiger partial charge in [0.25, 0.3) is 0 Å². The summed E-state index contributed by atoms with van der Waals surface area (Å²) < 4.78 is 65.8. The largest absolute Gasteiger partial charge is 0.463 e. The van der Waals surface area contributed by atoms with Crippen LogP contribution in [0.15, 0.2) is 11.9 Å². The molecule has 0 aromatic rings. The Morgan fingerprint density at radius 3 is 2.20 bits per heavy atom. The number of hydrogen-bond donors (Lipinski definition) is 0. The topological polar surface area (TPSA) is 26.3 Å². The Hall–Kier alpha value is -0.660. The minimum absolute atomic E-state index is 0.182. The van der Waals surface area contributed by atoms with Crippen LogP contribution in [0, 0.1) is 0 Å². The molecule has 0 radical (unpaired) electrons. The summed E-state index contributed by atoms with van der Waals surface area (Å²) in [5, 5.41) is 0. The summed E-state index contributed by atoms with van der Waals surface area (Å²) in [4.78, 5) is 5.72. The first-order valence-corrected chi connectivity index (χ1v) is 4.41. The Bertz CT molecular complexity index is 271. The summed E-state index contributed by atoms with van der Waals surface area (Å²) in [7, 11) is 0. The van der Waals surface area contributed by atoms with Crippen molar-refractivity contribution >= 4 is 21.9 Å². The molecule has 0 saturated carbocycles. The maximum absolute atomic E-state index is 12.6. The molecule has 0 aliphatic rings. The SMILES string of the molecule is CCOC(=O)/C=C(\F)C(F)(F)C(F)(F)Br. The molecule has 0 unspecified atom stereocenters. The van der Waals surface area contributed by atoms with Crippen molar-refractivity contribution in [2.45, 2.75) is 17.7 Å². The summed E-state index contributed by atoms with van der Waals surface area (Å²) in [6.45, 7) is 1.17. The van der Waals surface area contributed by atoms with Crippen LogP contribution in [0.4, 0.5) is 22.0 Å². The van der Waals surface area contributed by atoms with Crippen molar-refractivity contribution in [3.8, 4) is 0 Å². The Morgan fingerprint density at radius 1 is 1.40 bits per heavy atom. The van der Waals surface area contributed by atoms with Crippen molar-refractivity contribution in [3.63, 3.8) is 0 Å². The van der Waals surface area contributed by atoms with E-state index in [0.717, 1.165) is 0 Å². The summed E-state index contributed by atoms with van der Waals surface area (Å²) in [6, 6.07) is 0. The summed E-state index contributed by atoms with van der Waals surface area (Å²) >= 11 is 1.31. The summed E-state index contributed by atoms with van der Waals surface area (Å²) in [5.41, 5.74) is 0. The van der Waals surface area contributed by atoms with Gasteiger partial charge in [0.05, 0.1) is 12.7 Å². The van der Waals surface area contributed by atoms with E-state index in [1.54, 1.807) is 0 Å². The van der Waals surface area contributed by atoms with Gasteiger partial charge in [-0.1, -0.05) is 0 Å². The molecule has 0 aliphatic heterocycles. The number of esters is 1. The molecule has 2 nitrogen and oxygen atoms in total.